The van der Waals surface area contributed by atoms with Crippen LogP contribution >= 0.6 is 0 Å². The Morgan fingerprint density at radius 2 is 1.87 bits per heavy atom. The molecule has 0 spiro atoms. The first-order chi connectivity index (χ1) is 7.02. The summed E-state index contributed by atoms with van der Waals surface area (Å²) in [6.07, 6.45) is 0.424. The standard InChI is InChI=1S/C10H19NO4/c1-4-6-8(9(12)14-5-2)10(13)15-7(3)11/h7-8H,4-6,11H2,1-3H3. The number of carbonyl (C=O) groups is 2. The summed E-state index contributed by atoms with van der Waals surface area (Å²) in [6, 6.07) is 0. The minimum Gasteiger partial charge on any atom is -0.465 e. The van der Waals surface area contributed by atoms with Gasteiger partial charge in [-0.05, 0) is 20.3 Å². The largest absolute Gasteiger partial charge is 0.465 e. The molecule has 5 heteroatoms. The first-order valence-electron chi connectivity index (χ1n) is 5.15. The fraction of sp³-hybridized carbons (Fsp3) is 0.800. The van der Waals surface area contributed by atoms with Gasteiger partial charge in [-0.25, -0.2) is 0 Å². The SMILES string of the molecule is CCCC(C(=O)OCC)C(=O)OC(C)N. The smallest absolute Gasteiger partial charge is 0.321 e. The highest BCUT2D eigenvalue weighted by Gasteiger charge is 2.29. The fourth-order valence-corrected chi connectivity index (χ4v) is 1.13. The Balaban J connectivity index is 4.36. The van der Waals surface area contributed by atoms with Gasteiger partial charge in [0.1, 0.15) is 6.23 Å². The van der Waals surface area contributed by atoms with Crippen LogP contribution in [0.1, 0.15) is 33.6 Å². The highest BCUT2D eigenvalue weighted by atomic mass is 16.6. The lowest BCUT2D eigenvalue weighted by Crippen LogP contribution is -2.33. The van der Waals surface area contributed by atoms with Gasteiger partial charge in [0, 0.05) is 0 Å². The molecule has 88 valence electrons. The summed E-state index contributed by atoms with van der Waals surface area (Å²) < 4.78 is 9.55. The van der Waals surface area contributed by atoms with Crippen LogP contribution in [-0.4, -0.2) is 24.8 Å². The maximum Gasteiger partial charge on any atom is 0.321 e. The van der Waals surface area contributed by atoms with Crippen molar-refractivity contribution in [1.82, 2.24) is 0 Å². The summed E-state index contributed by atoms with van der Waals surface area (Å²) in [4.78, 5) is 22.8. The van der Waals surface area contributed by atoms with E-state index in [0.717, 1.165) is 0 Å². The Bertz CT molecular complexity index is 215. The van der Waals surface area contributed by atoms with E-state index in [9.17, 15) is 9.59 Å². The molecule has 2 unspecified atom stereocenters. The number of nitrogens with two attached hydrogens (primary N) is 1. The molecule has 0 saturated carbocycles. The second-order valence-electron chi connectivity index (χ2n) is 3.24. The second-order valence-corrected chi connectivity index (χ2v) is 3.24. The molecule has 0 heterocycles. The van der Waals surface area contributed by atoms with Crippen molar-refractivity contribution in [2.75, 3.05) is 6.61 Å². The Morgan fingerprint density at radius 1 is 1.27 bits per heavy atom. The van der Waals surface area contributed by atoms with Crippen molar-refractivity contribution in [3.63, 3.8) is 0 Å². The number of ether oxygens (including phenoxy) is 2. The number of hydrogen-bond acceptors (Lipinski definition) is 5. The van der Waals surface area contributed by atoms with Crippen molar-refractivity contribution < 1.29 is 19.1 Å². The molecule has 0 saturated heterocycles. The van der Waals surface area contributed by atoms with Gasteiger partial charge in [-0.15, -0.1) is 0 Å². The number of hydrogen-bond donors (Lipinski definition) is 1. The molecule has 5 nitrogen and oxygen atoms in total. The molecule has 0 aromatic carbocycles. The summed E-state index contributed by atoms with van der Waals surface area (Å²) in [5.41, 5.74) is 5.31. The molecule has 0 aliphatic rings. The summed E-state index contributed by atoms with van der Waals surface area (Å²) in [6.45, 7) is 5.36. The van der Waals surface area contributed by atoms with Gasteiger partial charge < -0.3 is 9.47 Å². The topological polar surface area (TPSA) is 78.6 Å². The molecule has 0 radical (unpaired) electrons. The summed E-state index contributed by atoms with van der Waals surface area (Å²) in [5.74, 6) is -1.99. The van der Waals surface area contributed by atoms with E-state index in [0.29, 0.717) is 12.8 Å². The molecule has 0 aliphatic carbocycles. The zero-order chi connectivity index (χ0) is 11.8. The number of esters is 2. The number of rotatable bonds is 6. The molecule has 0 fully saturated rings. The van der Waals surface area contributed by atoms with E-state index in [2.05, 4.69) is 0 Å². The highest BCUT2D eigenvalue weighted by Crippen LogP contribution is 2.11. The Morgan fingerprint density at radius 3 is 2.27 bits per heavy atom. The van der Waals surface area contributed by atoms with E-state index in [1.165, 1.54) is 6.92 Å². The van der Waals surface area contributed by atoms with Crippen molar-refractivity contribution in [2.24, 2.45) is 11.7 Å². The molecular formula is C10H19NO4. The first kappa shape index (κ1) is 13.9. The molecular weight excluding hydrogens is 198 g/mol. The normalized spacial score (nSPS) is 14.1. The zero-order valence-corrected chi connectivity index (χ0v) is 9.49. The summed E-state index contributed by atoms with van der Waals surface area (Å²) in [7, 11) is 0. The molecule has 2 atom stereocenters. The van der Waals surface area contributed by atoms with Crippen LogP contribution in [-0.2, 0) is 19.1 Å². The quantitative estimate of drug-likeness (QED) is 0.404. The van der Waals surface area contributed by atoms with Gasteiger partial charge in [0.15, 0.2) is 5.92 Å². The van der Waals surface area contributed by atoms with Crippen LogP contribution in [0.2, 0.25) is 0 Å². The molecule has 15 heavy (non-hydrogen) atoms. The van der Waals surface area contributed by atoms with Crippen LogP contribution in [0.4, 0.5) is 0 Å². The van der Waals surface area contributed by atoms with E-state index < -0.39 is 24.1 Å². The molecule has 0 amide bonds. The minimum atomic E-state index is -0.846. The summed E-state index contributed by atoms with van der Waals surface area (Å²) >= 11 is 0. The van der Waals surface area contributed by atoms with Gasteiger partial charge in [-0.2, -0.15) is 0 Å². The Labute approximate surface area is 89.9 Å². The second kappa shape index (κ2) is 7.23. The lowest BCUT2D eigenvalue weighted by Gasteiger charge is -2.15. The average molecular weight is 217 g/mol. The molecule has 0 aromatic rings. The van der Waals surface area contributed by atoms with Crippen molar-refractivity contribution in [3.8, 4) is 0 Å². The van der Waals surface area contributed by atoms with Gasteiger partial charge in [0.2, 0.25) is 0 Å². The van der Waals surface area contributed by atoms with Gasteiger partial charge >= 0.3 is 11.9 Å². The van der Waals surface area contributed by atoms with Crippen molar-refractivity contribution in [3.05, 3.63) is 0 Å². The maximum absolute atomic E-state index is 11.5. The Hall–Kier alpha value is -1.10. The monoisotopic (exact) mass is 217 g/mol. The minimum absolute atomic E-state index is 0.254. The van der Waals surface area contributed by atoms with Crippen molar-refractivity contribution in [2.45, 2.75) is 39.8 Å². The third kappa shape index (κ3) is 5.37. The van der Waals surface area contributed by atoms with Crippen LogP contribution < -0.4 is 5.73 Å². The van der Waals surface area contributed by atoms with Crippen LogP contribution in [0, 0.1) is 5.92 Å². The van der Waals surface area contributed by atoms with Gasteiger partial charge in [-0.3, -0.25) is 15.3 Å². The predicted octanol–water partition coefficient (Wildman–Crippen LogP) is 0.814. The van der Waals surface area contributed by atoms with E-state index in [-0.39, 0.29) is 6.61 Å². The third-order valence-corrected chi connectivity index (χ3v) is 1.74. The predicted molar refractivity (Wildman–Crippen MR) is 54.8 cm³/mol. The lowest BCUT2D eigenvalue weighted by atomic mass is 10.0. The molecule has 0 bridgehead atoms. The van der Waals surface area contributed by atoms with Gasteiger partial charge in [0.25, 0.3) is 0 Å². The third-order valence-electron chi connectivity index (χ3n) is 1.74. The van der Waals surface area contributed by atoms with E-state index in [4.69, 9.17) is 15.2 Å². The van der Waals surface area contributed by atoms with Gasteiger partial charge in [0.05, 0.1) is 6.61 Å². The maximum atomic E-state index is 11.5. The fourth-order valence-electron chi connectivity index (χ4n) is 1.13. The van der Waals surface area contributed by atoms with Crippen LogP contribution in [0.25, 0.3) is 0 Å². The number of carbonyl (C=O) groups excluding carboxylic acids is 2. The molecule has 2 N–H and O–H groups in total. The van der Waals surface area contributed by atoms with Crippen LogP contribution in [0.3, 0.4) is 0 Å². The molecule has 0 aromatic heterocycles. The van der Waals surface area contributed by atoms with Gasteiger partial charge in [-0.1, -0.05) is 13.3 Å². The molecule has 0 rings (SSSR count). The Kier molecular flexibility index (Phi) is 6.70. The highest BCUT2D eigenvalue weighted by molar-refractivity contribution is 5.94. The average Bonchev–Trinajstić information content (AvgIpc) is 2.13. The van der Waals surface area contributed by atoms with Crippen molar-refractivity contribution in [1.29, 1.82) is 0 Å². The molecule has 0 aliphatic heterocycles. The summed E-state index contributed by atoms with van der Waals surface area (Å²) in [5, 5.41) is 0. The van der Waals surface area contributed by atoms with Crippen LogP contribution in [0.5, 0.6) is 0 Å². The van der Waals surface area contributed by atoms with Crippen molar-refractivity contribution >= 4 is 11.9 Å². The lowest BCUT2D eigenvalue weighted by molar-refractivity contribution is -0.164. The first-order valence-corrected chi connectivity index (χ1v) is 5.15. The van der Waals surface area contributed by atoms with E-state index in [1.54, 1.807) is 6.92 Å². The van der Waals surface area contributed by atoms with E-state index in [1.807, 2.05) is 6.92 Å². The zero-order valence-electron chi connectivity index (χ0n) is 9.49. The van der Waals surface area contributed by atoms with Crippen LogP contribution in [0.15, 0.2) is 0 Å². The van der Waals surface area contributed by atoms with E-state index >= 15 is 0 Å².